The van der Waals surface area contributed by atoms with Crippen LogP contribution in [-0.2, 0) is 11.2 Å². The van der Waals surface area contributed by atoms with Gasteiger partial charge in [0.15, 0.2) is 5.78 Å². The molecule has 21 heavy (non-hydrogen) atoms. The van der Waals surface area contributed by atoms with Crippen LogP contribution in [0.25, 0.3) is 0 Å². The van der Waals surface area contributed by atoms with E-state index in [9.17, 15) is 4.79 Å². The Morgan fingerprint density at radius 2 is 1.76 bits per heavy atom. The summed E-state index contributed by atoms with van der Waals surface area (Å²) >= 11 is 0. The van der Waals surface area contributed by atoms with E-state index < -0.39 is 0 Å². The molecule has 2 N–H and O–H groups in total. The van der Waals surface area contributed by atoms with E-state index >= 15 is 0 Å². The maximum absolute atomic E-state index is 11.5. The zero-order chi connectivity index (χ0) is 15.2. The van der Waals surface area contributed by atoms with E-state index in [-0.39, 0.29) is 5.78 Å². The first kappa shape index (κ1) is 15.1. The van der Waals surface area contributed by atoms with Crippen molar-refractivity contribution in [1.82, 2.24) is 0 Å². The molecule has 110 valence electrons. The number of carbonyl (C=O) groups is 1. The average Bonchev–Trinajstić information content (AvgIpc) is 2.48. The number of anilines is 1. The highest BCUT2D eigenvalue weighted by molar-refractivity contribution is 5.99. The molecule has 2 aromatic rings. The van der Waals surface area contributed by atoms with Crippen molar-refractivity contribution in [3.05, 3.63) is 53.6 Å². The van der Waals surface area contributed by atoms with Crippen molar-refractivity contribution in [2.75, 3.05) is 19.5 Å². The monoisotopic (exact) mass is 285 g/mol. The largest absolute Gasteiger partial charge is 0.457 e. The summed E-state index contributed by atoms with van der Waals surface area (Å²) < 4.78 is 10.8. The van der Waals surface area contributed by atoms with E-state index in [4.69, 9.17) is 15.2 Å². The van der Waals surface area contributed by atoms with Crippen LogP contribution in [0.4, 0.5) is 5.69 Å². The number of nitrogens with two attached hydrogens (primary N) is 1. The molecule has 2 aromatic carbocycles. The lowest BCUT2D eigenvalue weighted by Crippen LogP contribution is -2.00. The van der Waals surface area contributed by atoms with Crippen molar-refractivity contribution >= 4 is 11.5 Å². The van der Waals surface area contributed by atoms with Gasteiger partial charge in [0, 0.05) is 18.4 Å². The van der Waals surface area contributed by atoms with Crippen molar-refractivity contribution in [2.45, 2.75) is 13.3 Å². The van der Waals surface area contributed by atoms with Crippen molar-refractivity contribution in [3.63, 3.8) is 0 Å². The molecule has 4 nitrogen and oxygen atoms in total. The number of ether oxygens (including phenoxy) is 2. The molecule has 0 spiro atoms. The van der Waals surface area contributed by atoms with Gasteiger partial charge in [-0.15, -0.1) is 0 Å². The van der Waals surface area contributed by atoms with Gasteiger partial charge in [-0.3, -0.25) is 4.79 Å². The lowest BCUT2D eigenvalue weighted by molar-refractivity contribution is 0.101. The Hall–Kier alpha value is -2.33. The average molecular weight is 285 g/mol. The van der Waals surface area contributed by atoms with Gasteiger partial charge >= 0.3 is 0 Å². The maximum atomic E-state index is 11.5. The van der Waals surface area contributed by atoms with E-state index in [0.29, 0.717) is 23.6 Å². The number of nitrogen functional groups attached to an aromatic ring is 1. The molecule has 0 saturated carbocycles. The highest BCUT2D eigenvalue weighted by Crippen LogP contribution is 2.25. The number of carbonyl (C=O) groups excluding carboxylic acids is 1. The third-order valence-corrected chi connectivity index (χ3v) is 3.16. The van der Waals surface area contributed by atoms with Gasteiger partial charge in [-0.1, -0.05) is 12.1 Å². The highest BCUT2D eigenvalue weighted by Gasteiger charge is 2.07. The first-order chi connectivity index (χ1) is 10.1. The van der Waals surface area contributed by atoms with Crippen LogP contribution in [-0.4, -0.2) is 19.5 Å². The third kappa shape index (κ3) is 4.07. The SMILES string of the molecule is COCCc1ccc(Oc2ccc(N)c(C(C)=O)c2)cc1. The topological polar surface area (TPSA) is 61.6 Å². The van der Waals surface area contributed by atoms with Crippen LogP contribution in [0.5, 0.6) is 11.5 Å². The zero-order valence-electron chi connectivity index (χ0n) is 12.3. The quantitative estimate of drug-likeness (QED) is 0.652. The van der Waals surface area contributed by atoms with Crippen LogP contribution >= 0.6 is 0 Å². The summed E-state index contributed by atoms with van der Waals surface area (Å²) in [4.78, 5) is 11.5. The number of hydrogen-bond acceptors (Lipinski definition) is 4. The molecule has 0 heterocycles. The second-order valence-corrected chi connectivity index (χ2v) is 4.79. The summed E-state index contributed by atoms with van der Waals surface area (Å²) in [6.45, 7) is 2.18. The highest BCUT2D eigenvalue weighted by atomic mass is 16.5. The maximum Gasteiger partial charge on any atom is 0.162 e. The Bertz CT molecular complexity index is 620. The summed E-state index contributed by atoms with van der Waals surface area (Å²) in [6.07, 6.45) is 0.868. The van der Waals surface area contributed by atoms with Crippen molar-refractivity contribution in [3.8, 4) is 11.5 Å². The lowest BCUT2D eigenvalue weighted by Gasteiger charge is -2.09. The van der Waals surface area contributed by atoms with Crippen LogP contribution < -0.4 is 10.5 Å². The molecular weight excluding hydrogens is 266 g/mol. The van der Waals surface area contributed by atoms with Gasteiger partial charge in [-0.2, -0.15) is 0 Å². The molecule has 0 saturated heterocycles. The molecule has 0 radical (unpaired) electrons. The molecule has 0 aliphatic carbocycles. The number of hydrogen-bond donors (Lipinski definition) is 1. The fraction of sp³-hybridized carbons (Fsp3) is 0.235. The molecule has 4 heteroatoms. The second kappa shape index (κ2) is 6.90. The van der Waals surface area contributed by atoms with Gasteiger partial charge in [-0.25, -0.2) is 0 Å². The van der Waals surface area contributed by atoms with E-state index in [1.54, 1.807) is 25.3 Å². The fourth-order valence-corrected chi connectivity index (χ4v) is 1.98. The Labute approximate surface area is 124 Å². The standard InChI is InChI=1S/C17H19NO3/c1-12(19)16-11-15(7-8-17(16)18)21-14-5-3-13(4-6-14)9-10-20-2/h3-8,11H,9-10,18H2,1-2H3. The molecular formula is C17H19NO3. The zero-order valence-corrected chi connectivity index (χ0v) is 12.3. The minimum Gasteiger partial charge on any atom is -0.457 e. The van der Waals surface area contributed by atoms with Gasteiger partial charge in [-0.05, 0) is 49.2 Å². The number of rotatable bonds is 6. The predicted octanol–water partition coefficient (Wildman–Crippen LogP) is 3.45. The van der Waals surface area contributed by atoms with E-state index in [0.717, 1.165) is 12.2 Å². The third-order valence-electron chi connectivity index (χ3n) is 3.16. The van der Waals surface area contributed by atoms with Gasteiger partial charge < -0.3 is 15.2 Å². The molecule has 0 unspecified atom stereocenters. The van der Waals surface area contributed by atoms with Crippen LogP contribution in [0.15, 0.2) is 42.5 Å². The number of Topliss-reactive ketones (excluding diaryl/α,β-unsaturated/α-hetero) is 1. The van der Waals surface area contributed by atoms with E-state index in [2.05, 4.69) is 0 Å². The second-order valence-electron chi connectivity index (χ2n) is 4.79. The number of benzene rings is 2. The van der Waals surface area contributed by atoms with E-state index in [1.165, 1.54) is 12.5 Å². The Morgan fingerprint density at radius 1 is 1.10 bits per heavy atom. The van der Waals surface area contributed by atoms with Crippen LogP contribution in [0, 0.1) is 0 Å². The molecule has 0 bridgehead atoms. The molecule has 0 aromatic heterocycles. The fourth-order valence-electron chi connectivity index (χ4n) is 1.98. The smallest absolute Gasteiger partial charge is 0.162 e. The predicted molar refractivity (Wildman–Crippen MR) is 83.0 cm³/mol. The molecule has 0 fully saturated rings. The summed E-state index contributed by atoms with van der Waals surface area (Å²) in [6, 6.07) is 12.9. The molecule has 0 atom stereocenters. The summed E-state index contributed by atoms with van der Waals surface area (Å²) in [5, 5.41) is 0. The van der Waals surface area contributed by atoms with Crippen LogP contribution in [0.2, 0.25) is 0 Å². The Morgan fingerprint density at radius 3 is 2.38 bits per heavy atom. The van der Waals surface area contributed by atoms with Gasteiger partial charge in [0.05, 0.1) is 6.61 Å². The molecule has 0 aliphatic rings. The molecule has 0 aliphatic heterocycles. The Balaban J connectivity index is 2.11. The van der Waals surface area contributed by atoms with Crippen LogP contribution in [0.1, 0.15) is 22.8 Å². The summed E-state index contributed by atoms with van der Waals surface area (Å²) in [7, 11) is 1.69. The van der Waals surface area contributed by atoms with E-state index in [1.807, 2.05) is 24.3 Å². The van der Waals surface area contributed by atoms with Gasteiger partial charge in [0.25, 0.3) is 0 Å². The lowest BCUT2D eigenvalue weighted by atomic mass is 10.1. The minimum atomic E-state index is -0.0761. The Kier molecular flexibility index (Phi) is 4.95. The minimum absolute atomic E-state index is 0.0761. The first-order valence-electron chi connectivity index (χ1n) is 6.76. The number of ketones is 1. The molecule has 0 amide bonds. The van der Waals surface area contributed by atoms with Gasteiger partial charge in [0.2, 0.25) is 0 Å². The first-order valence-corrected chi connectivity index (χ1v) is 6.76. The normalized spacial score (nSPS) is 10.4. The summed E-state index contributed by atoms with van der Waals surface area (Å²) in [5.41, 5.74) is 7.89. The van der Waals surface area contributed by atoms with Crippen molar-refractivity contribution in [1.29, 1.82) is 0 Å². The van der Waals surface area contributed by atoms with Crippen LogP contribution in [0.3, 0.4) is 0 Å². The van der Waals surface area contributed by atoms with Crippen molar-refractivity contribution in [2.24, 2.45) is 0 Å². The van der Waals surface area contributed by atoms with Gasteiger partial charge in [0.1, 0.15) is 11.5 Å². The molecule has 2 rings (SSSR count). The number of methoxy groups -OCH3 is 1. The summed E-state index contributed by atoms with van der Waals surface area (Å²) in [5.74, 6) is 1.24. The van der Waals surface area contributed by atoms with Crippen molar-refractivity contribution < 1.29 is 14.3 Å².